The van der Waals surface area contributed by atoms with Crippen LogP contribution in [0.2, 0.25) is 0 Å². The smallest absolute Gasteiger partial charge is 0.321 e. The lowest BCUT2D eigenvalue weighted by Gasteiger charge is -2.12. The van der Waals surface area contributed by atoms with Crippen molar-refractivity contribution < 1.29 is 14.0 Å². The van der Waals surface area contributed by atoms with Gasteiger partial charge in [0, 0.05) is 16.6 Å². The van der Waals surface area contributed by atoms with E-state index >= 15 is 0 Å². The fourth-order valence-corrected chi connectivity index (χ4v) is 3.06. The third kappa shape index (κ3) is 5.26. The van der Waals surface area contributed by atoms with Crippen LogP contribution in [0.1, 0.15) is 25.7 Å². The maximum atomic E-state index is 13.1. The van der Waals surface area contributed by atoms with Gasteiger partial charge < -0.3 is 11.1 Å². The van der Waals surface area contributed by atoms with Crippen molar-refractivity contribution in [1.29, 1.82) is 0 Å². The average molecular weight is 311 g/mol. The fraction of sp³-hybridized carbons (Fsp3) is 0.429. The molecule has 4 N–H and O–H groups in total. The van der Waals surface area contributed by atoms with Crippen molar-refractivity contribution in [2.45, 2.75) is 36.6 Å². The first-order chi connectivity index (χ1) is 10.0. The van der Waals surface area contributed by atoms with Crippen molar-refractivity contribution in [3.05, 3.63) is 24.0 Å². The number of imide groups is 1. The third-order valence-electron chi connectivity index (χ3n) is 3.21. The van der Waals surface area contributed by atoms with Gasteiger partial charge in [0.25, 0.3) is 0 Å². The summed E-state index contributed by atoms with van der Waals surface area (Å²) in [5.74, 6) is -0.837. The number of anilines is 1. The van der Waals surface area contributed by atoms with E-state index in [-0.39, 0.29) is 11.8 Å². The largest absolute Gasteiger partial charge is 0.399 e. The van der Waals surface area contributed by atoms with Crippen LogP contribution in [0.5, 0.6) is 0 Å². The molecular formula is C14H18FN3O2S. The first kappa shape index (κ1) is 15.6. The van der Waals surface area contributed by atoms with E-state index in [1.54, 1.807) is 6.07 Å². The Kier molecular flexibility index (Phi) is 5.44. The highest BCUT2D eigenvalue weighted by Gasteiger charge is 2.18. The van der Waals surface area contributed by atoms with Crippen LogP contribution in [-0.2, 0) is 4.79 Å². The summed E-state index contributed by atoms with van der Waals surface area (Å²) in [5, 5.41) is 5.04. The molecule has 0 aliphatic heterocycles. The van der Waals surface area contributed by atoms with E-state index in [0.717, 1.165) is 37.4 Å². The fourth-order valence-electron chi connectivity index (χ4n) is 2.27. The van der Waals surface area contributed by atoms with Crippen molar-refractivity contribution in [1.82, 2.24) is 10.6 Å². The van der Waals surface area contributed by atoms with E-state index < -0.39 is 17.8 Å². The number of thioether (sulfide) groups is 1. The Bertz CT molecular complexity index is 513. The second kappa shape index (κ2) is 7.31. The standard InChI is InChI=1S/C14H18FN3O2S/c15-9-5-10(16)7-12(6-9)21-8-13(19)18-14(20)17-11-3-1-2-4-11/h5-7,11H,1-4,8,16H2,(H2,17,18,19,20). The monoisotopic (exact) mass is 311 g/mol. The second-order valence-corrected chi connectivity index (χ2v) is 6.06. The first-order valence-electron chi connectivity index (χ1n) is 6.82. The molecule has 0 saturated heterocycles. The Morgan fingerprint density at radius 2 is 2.00 bits per heavy atom. The molecule has 0 spiro atoms. The van der Waals surface area contributed by atoms with Gasteiger partial charge in [-0.1, -0.05) is 12.8 Å². The maximum Gasteiger partial charge on any atom is 0.321 e. The topological polar surface area (TPSA) is 84.2 Å². The zero-order valence-electron chi connectivity index (χ0n) is 11.5. The molecule has 7 heteroatoms. The predicted octanol–water partition coefficient (Wildman–Crippen LogP) is 2.27. The molecule has 5 nitrogen and oxygen atoms in total. The number of halogens is 1. The highest BCUT2D eigenvalue weighted by atomic mass is 32.2. The Hall–Kier alpha value is -1.76. The van der Waals surface area contributed by atoms with Gasteiger partial charge in [-0.3, -0.25) is 10.1 Å². The van der Waals surface area contributed by atoms with Crippen LogP contribution >= 0.6 is 11.8 Å². The molecule has 1 aromatic rings. The lowest BCUT2D eigenvalue weighted by Crippen LogP contribution is -2.44. The molecule has 1 fully saturated rings. The molecule has 0 heterocycles. The zero-order chi connectivity index (χ0) is 15.2. The molecule has 1 saturated carbocycles. The molecule has 1 aromatic carbocycles. The molecule has 0 unspecified atom stereocenters. The summed E-state index contributed by atoms with van der Waals surface area (Å²) in [5.41, 5.74) is 5.82. The number of rotatable bonds is 4. The summed E-state index contributed by atoms with van der Waals surface area (Å²) in [7, 11) is 0. The number of carbonyl (C=O) groups is 2. The lowest BCUT2D eigenvalue weighted by atomic mass is 10.2. The van der Waals surface area contributed by atoms with Crippen molar-refractivity contribution in [2.75, 3.05) is 11.5 Å². The van der Waals surface area contributed by atoms with Gasteiger partial charge in [-0.2, -0.15) is 0 Å². The van der Waals surface area contributed by atoms with Gasteiger partial charge in [0.2, 0.25) is 5.91 Å². The highest BCUT2D eigenvalue weighted by molar-refractivity contribution is 8.00. The summed E-state index contributed by atoms with van der Waals surface area (Å²) in [4.78, 5) is 23.8. The van der Waals surface area contributed by atoms with E-state index in [1.165, 1.54) is 12.1 Å². The number of urea groups is 1. The van der Waals surface area contributed by atoms with Gasteiger partial charge in [-0.15, -0.1) is 11.8 Å². The molecule has 1 aliphatic carbocycles. The summed E-state index contributed by atoms with van der Waals surface area (Å²) in [6.07, 6.45) is 4.13. The summed E-state index contributed by atoms with van der Waals surface area (Å²) in [6.45, 7) is 0. The molecule has 0 radical (unpaired) electrons. The van der Waals surface area contributed by atoms with Crippen LogP contribution in [0.3, 0.4) is 0 Å². The zero-order valence-corrected chi connectivity index (χ0v) is 12.3. The van der Waals surface area contributed by atoms with Crippen LogP contribution in [0.15, 0.2) is 23.1 Å². The number of amides is 3. The van der Waals surface area contributed by atoms with Gasteiger partial charge in [0.05, 0.1) is 5.75 Å². The number of nitrogen functional groups attached to an aromatic ring is 1. The second-order valence-electron chi connectivity index (χ2n) is 5.01. The molecule has 21 heavy (non-hydrogen) atoms. The molecule has 0 bridgehead atoms. The molecule has 0 aromatic heterocycles. The Morgan fingerprint density at radius 3 is 2.67 bits per heavy atom. The maximum absolute atomic E-state index is 13.1. The molecule has 2 rings (SSSR count). The Balaban J connectivity index is 1.74. The number of hydrogen-bond donors (Lipinski definition) is 3. The van der Waals surface area contributed by atoms with E-state index in [9.17, 15) is 14.0 Å². The van der Waals surface area contributed by atoms with Crippen LogP contribution in [0.4, 0.5) is 14.9 Å². The lowest BCUT2D eigenvalue weighted by molar-refractivity contribution is -0.117. The minimum atomic E-state index is -0.466. The quantitative estimate of drug-likeness (QED) is 0.588. The molecule has 1 aliphatic rings. The molecule has 0 atom stereocenters. The van der Waals surface area contributed by atoms with Gasteiger partial charge in [0.1, 0.15) is 5.82 Å². The average Bonchev–Trinajstić information content (AvgIpc) is 2.88. The van der Waals surface area contributed by atoms with E-state index in [4.69, 9.17) is 5.73 Å². The van der Waals surface area contributed by atoms with E-state index in [2.05, 4.69) is 10.6 Å². The van der Waals surface area contributed by atoms with Crippen molar-refractivity contribution in [3.63, 3.8) is 0 Å². The van der Waals surface area contributed by atoms with Crippen LogP contribution in [0.25, 0.3) is 0 Å². The number of carbonyl (C=O) groups excluding carboxylic acids is 2. The normalized spacial score (nSPS) is 14.9. The summed E-state index contributed by atoms with van der Waals surface area (Å²) in [6, 6.07) is 3.78. The number of benzene rings is 1. The van der Waals surface area contributed by atoms with Crippen LogP contribution < -0.4 is 16.4 Å². The minimum absolute atomic E-state index is 0.0287. The van der Waals surface area contributed by atoms with Crippen molar-refractivity contribution in [3.8, 4) is 0 Å². The molecular weight excluding hydrogens is 293 g/mol. The Morgan fingerprint density at radius 1 is 1.29 bits per heavy atom. The van der Waals surface area contributed by atoms with Crippen LogP contribution in [0, 0.1) is 5.82 Å². The SMILES string of the molecule is Nc1cc(F)cc(SCC(=O)NC(=O)NC2CCCC2)c1. The van der Waals surface area contributed by atoms with Gasteiger partial charge >= 0.3 is 6.03 Å². The van der Waals surface area contributed by atoms with Crippen molar-refractivity contribution >= 4 is 29.4 Å². The van der Waals surface area contributed by atoms with E-state index in [0.29, 0.717) is 10.6 Å². The van der Waals surface area contributed by atoms with E-state index in [1.807, 2.05) is 0 Å². The number of nitrogens with two attached hydrogens (primary N) is 1. The van der Waals surface area contributed by atoms with Gasteiger partial charge in [-0.25, -0.2) is 9.18 Å². The first-order valence-corrected chi connectivity index (χ1v) is 7.81. The third-order valence-corrected chi connectivity index (χ3v) is 4.18. The molecule has 114 valence electrons. The highest BCUT2D eigenvalue weighted by Crippen LogP contribution is 2.22. The van der Waals surface area contributed by atoms with Gasteiger partial charge in [-0.05, 0) is 31.0 Å². The molecule has 3 amide bonds. The Labute approximate surface area is 126 Å². The minimum Gasteiger partial charge on any atom is -0.399 e. The summed E-state index contributed by atoms with van der Waals surface area (Å²) >= 11 is 1.13. The number of hydrogen-bond acceptors (Lipinski definition) is 4. The number of nitrogens with one attached hydrogen (secondary N) is 2. The predicted molar refractivity (Wildman–Crippen MR) is 80.5 cm³/mol. The summed E-state index contributed by atoms with van der Waals surface area (Å²) < 4.78 is 13.1. The van der Waals surface area contributed by atoms with Crippen molar-refractivity contribution in [2.24, 2.45) is 0 Å². The van der Waals surface area contributed by atoms with Gasteiger partial charge in [0.15, 0.2) is 0 Å². The van der Waals surface area contributed by atoms with Crippen LogP contribution in [-0.4, -0.2) is 23.7 Å².